The van der Waals surface area contributed by atoms with E-state index in [2.05, 4.69) is 5.48 Å². The van der Waals surface area contributed by atoms with Crippen LogP contribution in [0.2, 0.25) is 0 Å². The van der Waals surface area contributed by atoms with Crippen LogP contribution in [0.1, 0.15) is 40.5 Å². The molecule has 14 heavy (non-hydrogen) atoms. The molecule has 1 saturated heterocycles. The number of rotatable bonds is 2. The van der Waals surface area contributed by atoms with Crippen molar-refractivity contribution in [2.75, 3.05) is 0 Å². The third kappa shape index (κ3) is 3.64. The van der Waals surface area contributed by atoms with Gasteiger partial charge in [0, 0.05) is 0 Å². The minimum atomic E-state index is -0.361. The minimum absolute atomic E-state index is 0.177. The van der Waals surface area contributed by atoms with Crippen LogP contribution in [0.25, 0.3) is 0 Å². The number of hydrogen-bond donors (Lipinski definition) is 1. The molecule has 82 valence electrons. The number of nitrogens with one attached hydrogen (secondary N) is 1. The average Bonchev–Trinajstić information content (AvgIpc) is 2.46. The van der Waals surface area contributed by atoms with Gasteiger partial charge < -0.3 is 4.74 Å². The lowest BCUT2D eigenvalue weighted by molar-refractivity contribution is -0.155. The van der Waals surface area contributed by atoms with Gasteiger partial charge >= 0.3 is 0 Å². The van der Waals surface area contributed by atoms with Crippen molar-refractivity contribution in [2.45, 2.75) is 58.3 Å². The van der Waals surface area contributed by atoms with E-state index in [1.165, 1.54) is 0 Å². The predicted molar refractivity (Wildman–Crippen MR) is 52.5 cm³/mol. The highest BCUT2D eigenvalue weighted by Crippen LogP contribution is 2.19. The lowest BCUT2D eigenvalue weighted by atomic mass is 10.2. The fraction of sp³-hybridized carbons (Fsp3) is 0.900. The fourth-order valence-electron chi connectivity index (χ4n) is 1.26. The maximum Gasteiger partial charge on any atom is 0.272 e. The summed E-state index contributed by atoms with van der Waals surface area (Å²) in [7, 11) is 0. The highest BCUT2D eigenvalue weighted by atomic mass is 16.7. The molecular formula is C10H19NO3. The van der Waals surface area contributed by atoms with Gasteiger partial charge in [0.15, 0.2) is 0 Å². The Morgan fingerprint density at radius 3 is 2.50 bits per heavy atom. The summed E-state index contributed by atoms with van der Waals surface area (Å²) in [5.74, 6) is -0.177. The first-order valence-corrected chi connectivity index (χ1v) is 5.02. The zero-order valence-electron chi connectivity index (χ0n) is 9.29. The molecule has 0 bridgehead atoms. The predicted octanol–water partition coefficient (Wildman–Crippen LogP) is 1.40. The summed E-state index contributed by atoms with van der Waals surface area (Å²) >= 11 is 0. The third-order valence-corrected chi connectivity index (χ3v) is 1.98. The zero-order valence-corrected chi connectivity index (χ0v) is 9.29. The van der Waals surface area contributed by atoms with Gasteiger partial charge in [0.2, 0.25) is 0 Å². The van der Waals surface area contributed by atoms with Crippen LogP contribution in [0, 0.1) is 0 Å². The first kappa shape index (κ1) is 11.5. The van der Waals surface area contributed by atoms with Gasteiger partial charge in [-0.1, -0.05) is 0 Å². The molecule has 1 aliphatic rings. The van der Waals surface area contributed by atoms with E-state index in [1.807, 2.05) is 27.7 Å². The summed E-state index contributed by atoms with van der Waals surface area (Å²) in [6, 6.07) is 0. The molecule has 1 fully saturated rings. The zero-order chi connectivity index (χ0) is 10.8. The van der Waals surface area contributed by atoms with Gasteiger partial charge in [-0.25, -0.2) is 5.48 Å². The highest BCUT2D eigenvalue weighted by molar-refractivity contribution is 5.80. The Kier molecular flexibility index (Phi) is 3.50. The van der Waals surface area contributed by atoms with Crippen molar-refractivity contribution in [3.63, 3.8) is 0 Å². The lowest BCUT2D eigenvalue weighted by Crippen LogP contribution is -2.39. The third-order valence-electron chi connectivity index (χ3n) is 1.98. The average molecular weight is 201 g/mol. The van der Waals surface area contributed by atoms with Crippen molar-refractivity contribution >= 4 is 5.91 Å². The first-order chi connectivity index (χ1) is 6.38. The van der Waals surface area contributed by atoms with Crippen molar-refractivity contribution < 1.29 is 14.4 Å². The van der Waals surface area contributed by atoms with Gasteiger partial charge in [0.25, 0.3) is 5.91 Å². The Labute approximate surface area is 84.9 Å². The largest absolute Gasteiger partial charge is 0.365 e. The Morgan fingerprint density at radius 2 is 2.07 bits per heavy atom. The normalized spacial score (nSPS) is 27.7. The van der Waals surface area contributed by atoms with E-state index in [-0.39, 0.29) is 23.7 Å². The van der Waals surface area contributed by atoms with Crippen LogP contribution in [0.5, 0.6) is 0 Å². The number of hydrogen-bond acceptors (Lipinski definition) is 3. The molecule has 0 spiro atoms. The number of ether oxygens (including phenoxy) is 1. The van der Waals surface area contributed by atoms with Crippen LogP contribution in [0.3, 0.4) is 0 Å². The van der Waals surface area contributed by atoms with Crippen molar-refractivity contribution in [1.29, 1.82) is 0 Å². The number of carbonyl (C=O) groups is 1. The van der Waals surface area contributed by atoms with Gasteiger partial charge in [0.1, 0.15) is 6.10 Å². The Bertz CT molecular complexity index is 210. The van der Waals surface area contributed by atoms with E-state index >= 15 is 0 Å². The van der Waals surface area contributed by atoms with Crippen LogP contribution < -0.4 is 5.48 Å². The Hall–Kier alpha value is -0.610. The molecule has 1 amide bonds. The maximum atomic E-state index is 11.5. The molecule has 0 radical (unpaired) electrons. The number of hydroxylamine groups is 1. The van der Waals surface area contributed by atoms with E-state index in [1.54, 1.807) is 0 Å². The summed E-state index contributed by atoms with van der Waals surface area (Å²) in [5.41, 5.74) is 2.06. The molecular weight excluding hydrogens is 182 g/mol. The molecule has 4 nitrogen and oxygen atoms in total. The molecule has 0 aliphatic carbocycles. The van der Waals surface area contributed by atoms with Crippen molar-refractivity contribution in [3.05, 3.63) is 0 Å². The summed E-state index contributed by atoms with van der Waals surface area (Å²) in [4.78, 5) is 16.6. The fourth-order valence-corrected chi connectivity index (χ4v) is 1.26. The second kappa shape index (κ2) is 4.28. The van der Waals surface area contributed by atoms with Gasteiger partial charge in [-0.15, -0.1) is 0 Å². The quantitative estimate of drug-likeness (QED) is 0.687. The molecule has 1 N–H and O–H groups in total. The van der Waals surface area contributed by atoms with Crippen LogP contribution in [-0.4, -0.2) is 23.7 Å². The van der Waals surface area contributed by atoms with E-state index in [9.17, 15) is 4.79 Å². The van der Waals surface area contributed by atoms with Gasteiger partial charge in [0.05, 0.1) is 11.7 Å². The monoisotopic (exact) mass is 201 g/mol. The van der Waals surface area contributed by atoms with E-state index in [0.29, 0.717) is 0 Å². The summed E-state index contributed by atoms with van der Waals surface area (Å²) in [6.45, 7) is 7.61. The molecule has 0 aromatic rings. The summed E-state index contributed by atoms with van der Waals surface area (Å²) in [5, 5.41) is 0. The van der Waals surface area contributed by atoms with Gasteiger partial charge in [-0.3, -0.25) is 9.63 Å². The number of amides is 1. The molecule has 1 rings (SSSR count). The van der Waals surface area contributed by atoms with Crippen LogP contribution >= 0.6 is 0 Å². The van der Waals surface area contributed by atoms with E-state index < -0.39 is 0 Å². The number of carbonyl (C=O) groups excluding carboxylic acids is 1. The van der Waals surface area contributed by atoms with Crippen molar-refractivity contribution in [3.8, 4) is 0 Å². The molecule has 0 aromatic carbocycles. The molecule has 0 aromatic heterocycles. The Morgan fingerprint density at radius 1 is 1.43 bits per heavy atom. The van der Waals surface area contributed by atoms with Crippen LogP contribution in [0.15, 0.2) is 0 Å². The van der Waals surface area contributed by atoms with Crippen molar-refractivity contribution in [1.82, 2.24) is 5.48 Å². The SMILES string of the molecule is CC1CCC(C(=O)NOC(C)(C)C)O1. The molecule has 2 unspecified atom stereocenters. The molecule has 0 saturated carbocycles. The minimum Gasteiger partial charge on any atom is -0.365 e. The molecule has 2 atom stereocenters. The second-order valence-electron chi connectivity index (χ2n) is 4.69. The topological polar surface area (TPSA) is 47.6 Å². The smallest absolute Gasteiger partial charge is 0.272 e. The van der Waals surface area contributed by atoms with Crippen LogP contribution in [-0.2, 0) is 14.4 Å². The van der Waals surface area contributed by atoms with E-state index in [0.717, 1.165) is 12.8 Å². The van der Waals surface area contributed by atoms with Crippen molar-refractivity contribution in [2.24, 2.45) is 0 Å². The standard InChI is InChI=1S/C10H19NO3/c1-7-5-6-8(13-7)9(12)11-14-10(2,3)4/h7-8H,5-6H2,1-4H3,(H,11,12). The summed E-state index contributed by atoms with van der Waals surface area (Å²) in [6.07, 6.45) is 1.56. The second-order valence-corrected chi connectivity index (χ2v) is 4.69. The van der Waals surface area contributed by atoms with Gasteiger partial charge in [-0.2, -0.15) is 0 Å². The Balaban J connectivity index is 2.29. The summed E-state index contributed by atoms with van der Waals surface area (Å²) < 4.78 is 5.40. The van der Waals surface area contributed by atoms with Gasteiger partial charge in [-0.05, 0) is 40.5 Å². The van der Waals surface area contributed by atoms with E-state index in [4.69, 9.17) is 9.57 Å². The highest BCUT2D eigenvalue weighted by Gasteiger charge is 2.29. The molecule has 1 aliphatic heterocycles. The molecule has 4 heteroatoms. The lowest BCUT2D eigenvalue weighted by Gasteiger charge is -2.20. The molecule has 1 heterocycles. The van der Waals surface area contributed by atoms with Crippen LogP contribution in [0.4, 0.5) is 0 Å². The first-order valence-electron chi connectivity index (χ1n) is 5.02. The maximum absolute atomic E-state index is 11.5.